The summed E-state index contributed by atoms with van der Waals surface area (Å²) in [4.78, 5) is 28.8. The lowest BCUT2D eigenvalue weighted by molar-refractivity contribution is -0.116. The Labute approximate surface area is 140 Å². The van der Waals surface area contributed by atoms with Gasteiger partial charge in [-0.15, -0.1) is 0 Å². The van der Waals surface area contributed by atoms with Gasteiger partial charge in [0.25, 0.3) is 5.56 Å². The quantitative estimate of drug-likeness (QED) is 0.786. The highest BCUT2D eigenvalue weighted by Gasteiger charge is 2.08. The molecule has 5 heteroatoms. The minimum atomic E-state index is -0.252. The van der Waals surface area contributed by atoms with Gasteiger partial charge in [0.1, 0.15) is 6.54 Å². The number of benzene rings is 2. The molecule has 0 aliphatic heterocycles. The summed E-state index contributed by atoms with van der Waals surface area (Å²) >= 11 is 0. The molecule has 0 fully saturated rings. The zero-order valence-electron chi connectivity index (χ0n) is 13.5. The van der Waals surface area contributed by atoms with E-state index in [1.54, 1.807) is 18.2 Å². The smallest absolute Gasteiger partial charge is 0.261 e. The standard InChI is InChI=1S/C19H19N3O2/c1-2-5-14-8-10-15(11-9-14)21-18(23)12-22-13-20-17-7-4-3-6-16(17)19(22)24/h3-4,6-11,13H,2,5,12H2,1H3,(H,21,23). The van der Waals surface area contributed by atoms with E-state index in [0.717, 1.165) is 18.5 Å². The van der Waals surface area contributed by atoms with Gasteiger partial charge in [0.05, 0.1) is 17.2 Å². The Morgan fingerprint density at radius 1 is 1.12 bits per heavy atom. The molecule has 1 amide bonds. The summed E-state index contributed by atoms with van der Waals surface area (Å²) in [7, 11) is 0. The number of aryl methyl sites for hydroxylation is 1. The number of nitrogens with zero attached hydrogens (tertiary/aromatic N) is 2. The fourth-order valence-corrected chi connectivity index (χ4v) is 2.62. The van der Waals surface area contributed by atoms with Crippen LogP contribution in [0.3, 0.4) is 0 Å². The lowest BCUT2D eigenvalue weighted by Crippen LogP contribution is -2.27. The van der Waals surface area contributed by atoms with Crippen LogP contribution in [-0.4, -0.2) is 15.5 Å². The predicted octanol–water partition coefficient (Wildman–Crippen LogP) is 2.99. The molecule has 0 spiro atoms. The topological polar surface area (TPSA) is 64.0 Å². The van der Waals surface area contributed by atoms with Crippen molar-refractivity contribution in [2.45, 2.75) is 26.3 Å². The van der Waals surface area contributed by atoms with Crippen LogP contribution in [0.15, 0.2) is 59.7 Å². The summed E-state index contributed by atoms with van der Waals surface area (Å²) in [6, 6.07) is 14.9. The number of rotatable bonds is 5. The second-order valence-electron chi connectivity index (χ2n) is 5.69. The minimum Gasteiger partial charge on any atom is -0.325 e. The second-order valence-corrected chi connectivity index (χ2v) is 5.69. The van der Waals surface area contributed by atoms with Crippen molar-refractivity contribution in [3.63, 3.8) is 0 Å². The molecular weight excluding hydrogens is 302 g/mol. The molecule has 1 N–H and O–H groups in total. The van der Waals surface area contributed by atoms with Crippen molar-refractivity contribution >= 4 is 22.5 Å². The van der Waals surface area contributed by atoms with Crippen LogP contribution in [0.25, 0.3) is 10.9 Å². The SMILES string of the molecule is CCCc1ccc(NC(=O)Cn2cnc3ccccc3c2=O)cc1. The first-order valence-corrected chi connectivity index (χ1v) is 8.00. The number of nitrogens with one attached hydrogen (secondary N) is 1. The number of carbonyl (C=O) groups excluding carboxylic acids is 1. The molecule has 0 aliphatic rings. The van der Waals surface area contributed by atoms with Gasteiger partial charge in [-0.2, -0.15) is 0 Å². The van der Waals surface area contributed by atoms with E-state index in [1.165, 1.54) is 16.5 Å². The largest absolute Gasteiger partial charge is 0.325 e. The Kier molecular flexibility index (Phi) is 4.70. The van der Waals surface area contributed by atoms with Crippen LogP contribution in [0.1, 0.15) is 18.9 Å². The molecule has 0 atom stereocenters. The molecule has 0 aliphatic carbocycles. The average molecular weight is 321 g/mol. The van der Waals surface area contributed by atoms with Crippen LogP contribution < -0.4 is 10.9 Å². The van der Waals surface area contributed by atoms with E-state index < -0.39 is 0 Å². The van der Waals surface area contributed by atoms with Gasteiger partial charge in [-0.3, -0.25) is 14.2 Å². The highest BCUT2D eigenvalue weighted by atomic mass is 16.2. The molecule has 0 unspecified atom stereocenters. The number of hydrogen-bond donors (Lipinski definition) is 1. The summed E-state index contributed by atoms with van der Waals surface area (Å²) in [5, 5.41) is 3.32. The first-order chi connectivity index (χ1) is 11.7. The maximum Gasteiger partial charge on any atom is 0.261 e. The molecule has 0 saturated carbocycles. The maximum atomic E-state index is 12.4. The van der Waals surface area contributed by atoms with Crippen molar-refractivity contribution in [2.75, 3.05) is 5.32 Å². The Balaban J connectivity index is 1.73. The second kappa shape index (κ2) is 7.08. The number of hydrogen-bond acceptors (Lipinski definition) is 3. The molecular formula is C19H19N3O2. The van der Waals surface area contributed by atoms with Crippen LogP contribution in [0.5, 0.6) is 0 Å². The fraction of sp³-hybridized carbons (Fsp3) is 0.211. The van der Waals surface area contributed by atoms with Crippen molar-refractivity contribution in [3.8, 4) is 0 Å². The average Bonchev–Trinajstić information content (AvgIpc) is 2.60. The monoisotopic (exact) mass is 321 g/mol. The fourth-order valence-electron chi connectivity index (χ4n) is 2.62. The summed E-state index contributed by atoms with van der Waals surface area (Å²) in [5.41, 5.74) is 2.38. The number of carbonyl (C=O) groups is 1. The molecule has 2 aromatic carbocycles. The zero-order chi connectivity index (χ0) is 16.9. The third-order valence-electron chi connectivity index (χ3n) is 3.82. The van der Waals surface area contributed by atoms with Crippen molar-refractivity contribution < 1.29 is 4.79 Å². The van der Waals surface area contributed by atoms with Crippen LogP contribution >= 0.6 is 0 Å². The zero-order valence-corrected chi connectivity index (χ0v) is 13.5. The van der Waals surface area contributed by atoms with Gasteiger partial charge in [0, 0.05) is 5.69 Å². The molecule has 1 aromatic heterocycles. The molecule has 1 heterocycles. The number of anilines is 1. The van der Waals surface area contributed by atoms with Gasteiger partial charge in [0.15, 0.2) is 0 Å². The van der Waals surface area contributed by atoms with Crippen molar-refractivity contribution in [2.24, 2.45) is 0 Å². The molecule has 0 saturated heterocycles. The van der Waals surface area contributed by atoms with E-state index in [-0.39, 0.29) is 18.0 Å². The highest BCUT2D eigenvalue weighted by Crippen LogP contribution is 2.11. The summed E-state index contributed by atoms with van der Waals surface area (Å²) < 4.78 is 1.32. The minimum absolute atomic E-state index is 0.0621. The Hall–Kier alpha value is -2.95. The van der Waals surface area contributed by atoms with E-state index in [9.17, 15) is 9.59 Å². The lowest BCUT2D eigenvalue weighted by Gasteiger charge is -2.08. The van der Waals surface area contributed by atoms with Crippen molar-refractivity contribution in [1.82, 2.24) is 9.55 Å². The Morgan fingerprint density at radius 3 is 2.62 bits per heavy atom. The third kappa shape index (κ3) is 3.51. The molecule has 3 aromatic rings. The Bertz CT molecular complexity index is 914. The lowest BCUT2D eigenvalue weighted by atomic mass is 10.1. The first-order valence-electron chi connectivity index (χ1n) is 8.00. The number of amides is 1. The van der Waals surface area contributed by atoms with Gasteiger partial charge in [-0.1, -0.05) is 37.6 Å². The van der Waals surface area contributed by atoms with E-state index in [4.69, 9.17) is 0 Å². The van der Waals surface area contributed by atoms with Gasteiger partial charge in [-0.25, -0.2) is 4.98 Å². The normalized spacial score (nSPS) is 10.7. The number of aromatic nitrogens is 2. The highest BCUT2D eigenvalue weighted by molar-refractivity contribution is 5.90. The van der Waals surface area contributed by atoms with Crippen LogP contribution in [0.2, 0.25) is 0 Å². The summed E-state index contributed by atoms with van der Waals surface area (Å²) in [6.45, 7) is 2.07. The predicted molar refractivity (Wildman–Crippen MR) is 95.1 cm³/mol. The van der Waals surface area contributed by atoms with Gasteiger partial charge in [0.2, 0.25) is 5.91 Å². The Morgan fingerprint density at radius 2 is 1.88 bits per heavy atom. The molecule has 3 rings (SSSR count). The van der Waals surface area contributed by atoms with Gasteiger partial charge >= 0.3 is 0 Å². The van der Waals surface area contributed by atoms with E-state index in [2.05, 4.69) is 17.2 Å². The number of para-hydroxylation sites is 1. The molecule has 0 bridgehead atoms. The summed E-state index contributed by atoms with van der Waals surface area (Å²) in [5.74, 6) is -0.252. The van der Waals surface area contributed by atoms with E-state index in [1.807, 2.05) is 30.3 Å². The van der Waals surface area contributed by atoms with Crippen LogP contribution in [0.4, 0.5) is 5.69 Å². The van der Waals surface area contributed by atoms with Gasteiger partial charge < -0.3 is 5.32 Å². The third-order valence-corrected chi connectivity index (χ3v) is 3.82. The van der Waals surface area contributed by atoms with Crippen LogP contribution in [-0.2, 0) is 17.8 Å². The maximum absolute atomic E-state index is 12.4. The summed E-state index contributed by atoms with van der Waals surface area (Å²) in [6.07, 6.45) is 3.52. The molecule has 0 radical (unpaired) electrons. The van der Waals surface area contributed by atoms with Gasteiger partial charge in [-0.05, 0) is 36.2 Å². The van der Waals surface area contributed by atoms with E-state index in [0.29, 0.717) is 10.9 Å². The van der Waals surface area contributed by atoms with Crippen molar-refractivity contribution in [3.05, 3.63) is 70.8 Å². The van der Waals surface area contributed by atoms with E-state index >= 15 is 0 Å². The number of fused-ring (bicyclic) bond motifs is 1. The molecule has 24 heavy (non-hydrogen) atoms. The molecule has 122 valence electrons. The molecule has 5 nitrogen and oxygen atoms in total. The van der Waals surface area contributed by atoms with Crippen molar-refractivity contribution in [1.29, 1.82) is 0 Å². The first kappa shape index (κ1) is 15.9. The van der Waals surface area contributed by atoms with Crippen LogP contribution in [0, 0.1) is 0 Å².